The third-order valence-corrected chi connectivity index (χ3v) is 20.8. The molecule has 0 aromatic heterocycles. The molecule has 0 saturated heterocycles. The fraction of sp³-hybridized carbons (Fsp3) is 0.265. The Morgan fingerprint density at radius 1 is 0.726 bits per heavy atom. The molecule has 24 heteroatoms. The number of nitro groups is 2. The van der Waals surface area contributed by atoms with Crippen molar-refractivity contribution in [1.82, 2.24) is 10.6 Å². The third-order valence-electron chi connectivity index (χ3n) is 12.7. The van der Waals surface area contributed by atoms with Crippen LogP contribution in [0.15, 0.2) is 91.0 Å². The van der Waals surface area contributed by atoms with E-state index in [0.717, 1.165) is 27.5 Å². The van der Waals surface area contributed by atoms with Crippen LogP contribution in [0, 0.1) is 20.2 Å². The molecule has 0 bridgehead atoms. The van der Waals surface area contributed by atoms with E-state index < -0.39 is 100 Å². The molecule has 0 saturated carbocycles. The van der Waals surface area contributed by atoms with E-state index in [1.54, 1.807) is 48.5 Å². The number of benzene rings is 5. The normalized spacial score (nSPS) is 14.9. The second kappa shape index (κ2) is 20.6. The molecule has 7 rings (SSSR count). The van der Waals surface area contributed by atoms with Crippen LogP contribution in [0.2, 0.25) is 11.5 Å². The molecular formula is C49H48GeN6O16S. The second-order valence-electron chi connectivity index (χ2n) is 17.7. The van der Waals surface area contributed by atoms with E-state index in [1.807, 2.05) is 18.4 Å². The number of hydrogen-bond donors (Lipinski definition) is 3. The zero-order chi connectivity index (χ0) is 53.3. The Hall–Kier alpha value is -8.03. The van der Waals surface area contributed by atoms with E-state index in [-0.39, 0.29) is 44.9 Å². The molecule has 1 spiro atoms. The van der Waals surface area contributed by atoms with Crippen LogP contribution in [0.1, 0.15) is 89.5 Å². The van der Waals surface area contributed by atoms with E-state index in [2.05, 4.69) is 10.6 Å². The summed E-state index contributed by atoms with van der Waals surface area (Å²) < 4.78 is 50.3. The molecule has 5 aromatic carbocycles. The number of Topliss-reactive ketones (excluding diaryl/α,β-unsaturated/α-hetero) is 1. The Kier molecular flexibility index (Phi) is 14.9. The summed E-state index contributed by atoms with van der Waals surface area (Å²) in [6, 6.07) is 22.1. The Balaban J connectivity index is 1.23. The molecule has 380 valence electrons. The Labute approximate surface area is 420 Å². The van der Waals surface area contributed by atoms with Crippen molar-refractivity contribution in [2.75, 3.05) is 42.7 Å². The molecule has 3 N–H and O–H groups in total. The standard InChI is InChI=1S/C49H48GeN6O16S/c1-7-19-51-44(58)29-11-17-41(55(63)64)31(22-29)26-70-47(61)53(5)33-13-15-36-39(24-33)50(3,4)40-25-34(14-16-37(40)49(36)38-10-8-9-35(28(2)57)43(38)46(60)72-49)54(6)48(62)71-27-32-23-30(12-18-42(32)56(65)66)45(59)52-20-21-73(67,68)69/h8-18,22-25H,7,19-21,26-27H2,1-6H3,(H,51,58)(H,52,59)(H,67,68,69). The molecule has 2 heterocycles. The molecule has 0 fully saturated rings. The summed E-state index contributed by atoms with van der Waals surface area (Å²) in [4.78, 5) is 105. The topological polar surface area (TPSA) is 301 Å². The first-order valence-corrected chi connectivity index (χ1v) is 30.4. The second-order valence-corrected chi connectivity index (χ2v) is 28.3. The minimum atomic E-state index is -4.39. The van der Waals surface area contributed by atoms with Crippen molar-refractivity contribution >= 4 is 90.7 Å². The van der Waals surface area contributed by atoms with Gasteiger partial charge in [-0.1, -0.05) is 6.92 Å². The number of amides is 4. The number of nitrogens with one attached hydrogen (secondary N) is 2. The van der Waals surface area contributed by atoms with Crippen molar-refractivity contribution < 1.29 is 65.8 Å². The first-order chi connectivity index (χ1) is 34.4. The van der Waals surface area contributed by atoms with Gasteiger partial charge < -0.3 is 0 Å². The monoisotopic (exact) mass is 1080 g/mol. The van der Waals surface area contributed by atoms with E-state index in [0.29, 0.717) is 45.4 Å². The molecule has 0 radical (unpaired) electrons. The van der Waals surface area contributed by atoms with E-state index in [9.17, 15) is 57.4 Å². The molecule has 73 heavy (non-hydrogen) atoms. The molecule has 22 nitrogen and oxygen atoms in total. The molecule has 2 aliphatic heterocycles. The third kappa shape index (κ3) is 10.4. The minimum absolute atomic E-state index is 0.0132. The van der Waals surface area contributed by atoms with Gasteiger partial charge in [-0.2, -0.15) is 8.42 Å². The van der Waals surface area contributed by atoms with E-state index >= 15 is 0 Å². The zero-order valence-electron chi connectivity index (χ0n) is 40.2. The number of nitrogens with zero attached hydrogens (tertiary/aromatic N) is 4. The predicted molar refractivity (Wildman–Crippen MR) is 266 cm³/mol. The van der Waals surface area contributed by atoms with Gasteiger partial charge >= 0.3 is 366 Å². The first kappa shape index (κ1) is 52.8. The van der Waals surface area contributed by atoms with Gasteiger partial charge in [0.15, 0.2) is 0 Å². The van der Waals surface area contributed by atoms with Crippen molar-refractivity contribution in [3.8, 4) is 0 Å². The van der Waals surface area contributed by atoms with Crippen molar-refractivity contribution in [2.45, 2.75) is 50.6 Å². The van der Waals surface area contributed by atoms with Gasteiger partial charge in [-0.15, -0.1) is 0 Å². The number of fused-ring (bicyclic) bond motifs is 6. The Morgan fingerprint density at radius 2 is 1.21 bits per heavy atom. The number of carbonyl (C=O) groups excluding carboxylic acids is 6. The number of ketones is 1. The van der Waals surface area contributed by atoms with Gasteiger partial charge in [-0.3, -0.25) is 4.55 Å². The summed E-state index contributed by atoms with van der Waals surface area (Å²) in [6.45, 7) is 1.92. The van der Waals surface area contributed by atoms with Gasteiger partial charge in [0.1, 0.15) is 0 Å². The van der Waals surface area contributed by atoms with Crippen molar-refractivity contribution in [2.24, 2.45) is 0 Å². The summed E-state index contributed by atoms with van der Waals surface area (Å²) in [7, 11) is -1.54. The van der Waals surface area contributed by atoms with Gasteiger partial charge in [0.25, 0.3) is 10.1 Å². The molecule has 1 unspecified atom stereocenters. The number of ether oxygens (including phenoxy) is 3. The van der Waals surface area contributed by atoms with Crippen LogP contribution in [0.4, 0.5) is 32.3 Å². The number of anilines is 2. The van der Waals surface area contributed by atoms with Crippen molar-refractivity contribution in [3.63, 3.8) is 0 Å². The maximum absolute atomic E-state index is 14.1. The Bertz CT molecular complexity index is 3290. The number of nitro benzene ring substituents is 2. The van der Waals surface area contributed by atoms with Gasteiger partial charge in [0, 0.05) is 13.1 Å². The summed E-state index contributed by atoms with van der Waals surface area (Å²) in [5, 5.41) is 28.9. The van der Waals surface area contributed by atoms with Gasteiger partial charge in [0.05, 0.1) is 5.75 Å². The van der Waals surface area contributed by atoms with Gasteiger partial charge in [-0.05, 0) is 6.42 Å². The zero-order valence-corrected chi connectivity index (χ0v) is 43.1. The van der Waals surface area contributed by atoms with Crippen LogP contribution in [-0.2, 0) is 43.1 Å². The van der Waals surface area contributed by atoms with E-state index in [1.165, 1.54) is 50.2 Å². The van der Waals surface area contributed by atoms with Crippen LogP contribution >= 0.6 is 0 Å². The molecule has 0 aliphatic carbocycles. The summed E-state index contributed by atoms with van der Waals surface area (Å²) in [5.41, 5.74) is -0.270. The summed E-state index contributed by atoms with van der Waals surface area (Å²) >= 11 is -3.77. The molecule has 1 atom stereocenters. The van der Waals surface area contributed by atoms with Crippen LogP contribution in [-0.4, -0.2) is 105 Å². The average molecular weight is 1080 g/mol. The average Bonchev–Trinajstić information content (AvgIpc) is 3.66. The molecule has 4 amide bonds. The fourth-order valence-corrected chi connectivity index (χ4v) is 15.9. The number of hydrogen-bond acceptors (Lipinski definition) is 15. The molecule has 5 aromatic rings. The maximum atomic E-state index is 14.1. The summed E-state index contributed by atoms with van der Waals surface area (Å²) in [5.74, 6) is 0.931. The summed E-state index contributed by atoms with van der Waals surface area (Å²) in [6.07, 6.45) is -1.19. The van der Waals surface area contributed by atoms with Crippen molar-refractivity contribution in [1.29, 1.82) is 0 Å². The number of rotatable bonds is 16. The first-order valence-electron chi connectivity index (χ1n) is 22.5. The molecule has 2 aliphatic rings. The number of esters is 1. The SMILES string of the molecule is CCCNC(=O)c1ccc([N+](=O)[O-])c(COC(=O)N(C)c2ccc3[c](c2)[Ge]([CH3])([CH3])[c]2cc(N(C)C(=O)OCc4cc(C(=O)NCCS(=O)(=O)O)ccc4[N+](=O)[O-])ccc2C32OC(=O)c3c(C(C)=O)cccc32)c1. The van der Waals surface area contributed by atoms with Gasteiger partial charge in [0.2, 0.25) is 0 Å². The molecular weight excluding hydrogens is 1030 g/mol. The van der Waals surface area contributed by atoms with Crippen LogP contribution in [0.5, 0.6) is 0 Å². The van der Waals surface area contributed by atoms with E-state index in [4.69, 9.17) is 18.8 Å². The van der Waals surface area contributed by atoms with Crippen LogP contribution in [0.3, 0.4) is 0 Å². The number of carbonyl (C=O) groups is 6. The quantitative estimate of drug-likeness (QED) is 0.0206. The van der Waals surface area contributed by atoms with Crippen LogP contribution in [0.25, 0.3) is 0 Å². The van der Waals surface area contributed by atoms with Crippen molar-refractivity contribution in [3.05, 3.63) is 161 Å². The van der Waals surface area contributed by atoms with Gasteiger partial charge in [-0.25, -0.2) is 0 Å². The fourth-order valence-electron chi connectivity index (χ4n) is 8.88. The Morgan fingerprint density at radius 3 is 1.64 bits per heavy atom. The predicted octanol–water partition coefficient (Wildman–Crippen LogP) is 5.61. The van der Waals surface area contributed by atoms with Crippen LogP contribution < -0.4 is 29.2 Å².